The van der Waals surface area contributed by atoms with Crippen LogP contribution in [0.4, 0.5) is 11.4 Å². The Morgan fingerprint density at radius 2 is 1.66 bits per heavy atom. The molecule has 3 heterocycles. The summed E-state index contributed by atoms with van der Waals surface area (Å²) in [6, 6.07) is 20.7. The summed E-state index contributed by atoms with van der Waals surface area (Å²) in [6.45, 7) is 5.58. The van der Waals surface area contributed by atoms with Gasteiger partial charge in [-0.1, -0.05) is 91.0 Å². The molecule has 1 fully saturated rings. The monoisotopic (exact) mass is 543 g/mol. The van der Waals surface area contributed by atoms with Crippen LogP contribution in [0.15, 0.2) is 76.6 Å². The largest absolute Gasteiger partial charge is 0.324 e. The van der Waals surface area contributed by atoms with E-state index >= 15 is 0 Å². The number of fused-ring (bicyclic) bond motifs is 3. The number of benzene rings is 3. The third-order valence-electron chi connectivity index (χ3n) is 7.36. The average Bonchev–Trinajstić information content (AvgIpc) is 3.34. The summed E-state index contributed by atoms with van der Waals surface area (Å²) < 4.78 is 1.44. The summed E-state index contributed by atoms with van der Waals surface area (Å²) in [5, 5.41) is 4.77. The molecule has 6 rings (SSSR count). The van der Waals surface area contributed by atoms with Crippen molar-refractivity contribution >= 4 is 63.0 Å². The molecule has 2 atom stereocenters. The molecule has 0 spiro atoms. The molecule has 1 N–H and O–H groups in total. The van der Waals surface area contributed by atoms with E-state index in [1.165, 1.54) is 21.2 Å². The highest BCUT2D eigenvalue weighted by molar-refractivity contribution is 8.00. The number of carbonyl (C=O) groups excluding carboxylic acids is 3. The molecule has 1 saturated heterocycles. The van der Waals surface area contributed by atoms with E-state index in [1.807, 2.05) is 75.4 Å². The number of thioether (sulfide) groups is 1. The maximum Gasteiger partial charge on any atom is 0.308 e. The second-order valence-electron chi connectivity index (χ2n) is 10.2. The smallest absolute Gasteiger partial charge is 0.308 e. The molecule has 192 valence electrons. The van der Waals surface area contributed by atoms with E-state index in [4.69, 9.17) is 0 Å². The quantitative estimate of drug-likeness (QED) is 0.368. The average molecular weight is 544 g/mol. The number of amides is 3. The molecule has 0 saturated carbocycles. The third kappa shape index (κ3) is 3.80. The van der Waals surface area contributed by atoms with Gasteiger partial charge < -0.3 is 5.32 Å². The molecular weight excluding hydrogens is 518 g/mol. The standard InChI is InChI=1S/C29H25N3O4S2/c1-16-11-13-18(14-12-16)32-25(34)22-23(26(32)35)37-27-24(29(22,2)3)38-28(36)31(27)15-21(33)30-20-10-6-8-17-7-4-5-9-19(17)20/h4-14,22-23H,15H2,1-3H3,(H,30,33). The third-order valence-corrected chi connectivity index (χ3v) is 10.2. The summed E-state index contributed by atoms with van der Waals surface area (Å²) in [4.78, 5) is 55.1. The van der Waals surface area contributed by atoms with Crippen molar-refractivity contribution in [2.24, 2.45) is 5.92 Å². The summed E-state index contributed by atoms with van der Waals surface area (Å²) >= 11 is 2.27. The van der Waals surface area contributed by atoms with E-state index in [1.54, 1.807) is 12.1 Å². The maximum atomic E-state index is 13.6. The van der Waals surface area contributed by atoms with Crippen molar-refractivity contribution in [1.82, 2.24) is 4.57 Å². The lowest BCUT2D eigenvalue weighted by Gasteiger charge is -2.36. The Kier molecular flexibility index (Phi) is 5.81. The number of rotatable bonds is 4. The Morgan fingerprint density at radius 3 is 2.42 bits per heavy atom. The van der Waals surface area contributed by atoms with E-state index in [9.17, 15) is 19.2 Å². The van der Waals surface area contributed by atoms with Crippen LogP contribution in [0.1, 0.15) is 24.3 Å². The van der Waals surface area contributed by atoms with Crippen LogP contribution in [0.25, 0.3) is 10.8 Å². The normalized spacial score (nSPS) is 19.9. The molecule has 2 aliphatic heterocycles. The van der Waals surface area contributed by atoms with Crippen LogP contribution in [-0.4, -0.2) is 27.5 Å². The fourth-order valence-corrected chi connectivity index (χ4v) is 8.42. The first-order valence-electron chi connectivity index (χ1n) is 12.3. The fraction of sp³-hybridized carbons (Fsp3) is 0.241. The van der Waals surface area contributed by atoms with Crippen molar-refractivity contribution < 1.29 is 14.4 Å². The molecule has 0 bridgehead atoms. The second-order valence-corrected chi connectivity index (χ2v) is 12.3. The summed E-state index contributed by atoms with van der Waals surface area (Å²) in [5.74, 6) is -1.49. The zero-order valence-corrected chi connectivity index (χ0v) is 22.7. The van der Waals surface area contributed by atoms with Gasteiger partial charge in [0.1, 0.15) is 11.8 Å². The van der Waals surface area contributed by atoms with Crippen LogP contribution in [0.3, 0.4) is 0 Å². The van der Waals surface area contributed by atoms with Gasteiger partial charge in [-0.05, 0) is 30.5 Å². The van der Waals surface area contributed by atoms with E-state index in [0.29, 0.717) is 16.4 Å². The number of nitrogens with zero attached hydrogens (tertiary/aromatic N) is 2. The number of hydrogen-bond acceptors (Lipinski definition) is 6. The van der Waals surface area contributed by atoms with Crippen LogP contribution >= 0.6 is 23.1 Å². The summed E-state index contributed by atoms with van der Waals surface area (Å²) in [7, 11) is 0. The Labute approximate surface area is 227 Å². The topological polar surface area (TPSA) is 88.5 Å². The fourth-order valence-electron chi connectivity index (χ4n) is 5.38. The highest BCUT2D eigenvalue weighted by Crippen LogP contribution is 2.54. The Bertz CT molecular complexity index is 1680. The van der Waals surface area contributed by atoms with Crippen molar-refractivity contribution in [2.75, 3.05) is 10.2 Å². The molecule has 9 heteroatoms. The minimum atomic E-state index is -0.751. The molecule has 7 nitrogen and oxygen atoms in total. The molecule has 1 aromatic heterocycles. The summed E-state index contributed by atoms with van der Waals surface area (Å²) in [5.41, 5.74) is 1.50. The number of hydrogen-bond donors (Lipinski definition) is 1. The van der Waals surface area contributed by atoms with E-state index < -0.39 is 16.6 Å². The van der Waals surface area contributed by atoms with Gasteiger partial charge in [-0.25, -0.2) is 4.90 Å². The van der Waals surface area contributed by atoms with Crippen LogP contribution in [-0.2, 0) is 26.3 Å². The predicted octanol–water partition coefficient (Wildman–Crippen LogP) is 4.95. The molecule has 0 aliphatic carbocycles. The van der Waals surface area contributed by atoms with Gasteiger partial charge >= 0.3 is 4.87 Å². The van der Waals surface area contributed by atoms with Crippen LogP contribution in [0.2, 0.25) is 0 Å². The molecule has 3 amide bonds. The molecule has 2 unspecified atom stereocenters. The minimum absolute atomic E-state index is 0.182. The Morgan fingerprint density at radius 1 is 0.947 bits per heavy atom. The lowest BCUT2D eigenvalue weighted by molar-refractivity contribution is -0.123. The number of aromatic nitrogens is 1. The van der Waals surface area contributed by atoms with Gasteiger partial charge in [-0.2, -0.15) is 0 Å². The van der Waals surface area contributed by atoms with Crippen molar-refractivity contribution in [1.29, 1.82) is 0 Å². The zero-order chi connectivity index (χ0) is 26.8. The highest BCUT2D eigenvalue weighted by atomic mass is 32.2. The maximum absolute atomic E-state index is 13.6. The molecule has 0 radical (unpaired) electrons. The number of carbonyl (C=O) groups is 3. The molecule has 2 aliphatic rings. The first-order valence-corrected chi connectivity index (χ1v) is 14.0. The van der Waals surface area contributed by atoms with Gasteiger partial charge in [0.25, 0.3) is 0 Å². The predicted molar refractivity (Wildman–Crippen MR) is 151 cm³/mol. The number of nitrogens with one attached hydrogen (secondary N) is 1. The highest BCUT2D eigenvalue weighted by Gasteiger charge is 2.59. The zero-order valence-electron chi connectivity index (χ0n) is 21.1. The van der Waals surface area contributed by atoms with Gasteiger partial charge in [-0.15, -0.1) is 0 Å². The van der Waals surface area contributed by atoms with Crippen molar-refractivity contribution in [3.8, 4) is 0 Å². The van der Waals surface area contributed by atoms with Crippen LogP contribution < -0.4 is 15.1 Å². The van der Waals surface area contributed by atoms with Gasteiger partial charge in [0, 0.05) is 21.4 Å². The minimum Gasteiger partial charge on any atom is -0.324 e. The van der Waals surface area contributed by atoms with Gasteiger partial charge in [0.2, 0.25) is 17.7 Å². The molecule has 38 heavy (non-hydrogen) atoms. The van der Waals surface area contributed by atoms with Crippen LogP contribution in [0.5, 0.6) is 0 Å². The van der Waals surface area contributed by atoms with Gasteiger partial charge in [0.15, 0.2) is 0 Å². The second kappa shape index (κ2) is 8.96. The first-order chi connectivity index (χ1) is 18.2. The van der Waals surface area contributed by atoms with E-state index in [2.05, 4.69) is 5.32 Å². The molecular formula is C29H25N3O4S2. The lowest BCUT2D eigenvalue weighted by Crippen LogP contribution is -2.41. The van der Waals surface area contributed by atoms with Gasteiger partial charge in [0.05, 0.1) is 16.6 Å². The van der Waals surface area contributed by atoms with Crippen molar-refractivity contribution in [3.05, 3.63) is 86.8 Å². The Balaban J connectivity index is 1.32. The number of anilines is 2. The van der Waals surface area contributed by atoms with Crippen LogP contribution in [0, 0.1) is 12.8 Å². The lowest BCUT2D eigenvalue weighted by atomic mass is 9.76. The van der Waals surface area contributed by atoms with Crippen molar-refractivity contribution in [2.45, 2.75) is 43.0 Å². The van der Waals surface area contributed by atoms with E-state index in [0.717, 1.165) is 32.5 Å². The number of aryl methyl sites for hydroxylation is 1. The summed E-state index contributed by atoms with van der Waals surface area (Å²) in [6.07, 6.45) is 0. The first kappa shape index (κ1) is 24.6. The Hall–Kier alpha value is -3.69. The SMILES string of the molecule is Cc1ccc(N2C(=O)C3Sc4c(sc(=O)n4CC(=O)Nc4cccc5ccccc45)C(C)(C)C3C2=O)cc1. The molecule has 4 aromatic rings. The van der Waals surface area contributed by atoms with Crippen molar-refractivity contribution in [3.63, 3.8) is 0 Å². The molecule has 3 aromatic carbocycles. The number of imide groups is 1. The number of thiazole rings is 1. The van der Waals surface area contributed by atoms with E-state index in [-0.39, 0.29) is 29.1 Å². The van der Waals surface area contributed by atoms with Gasteiger partial charge in [-0.3, -0.25) is 23.7 Å².